The number of carbonyl (C=O) groups is 2. The Balaban J connectivity index is 2.11. The third-order valence-corrected chi connectivity index (χ3v) is 3.46. The fourth-order valence-electron chi connectivity index (χ4n) is 2.34. The van der Waals surface area contributed by atoms with Crippen LogP contribution in [0.3, 0.4) is 0 Å². The summed E-state index contributed by atoms with van der Waals surface area (Å²) in [5.41, 5.74) is 1.00. The van der Waals surface area contributed by atoms with Gasteiger partial charge in [-0.05, 0) is 30.3 Å². The molecule has 1 heterocycles. The monoisotopic (exact) mass is 296 g/mol. The summed E-state index contributed by atoms with van der Waals surface area (Å²) in [5.74, 6) is -1.34. The van der Waals surface area contributed by atoms with Crippen LogP contribution < -0.4 is 5.43 Å². The molecule has 1 N–H and O–H groups in total. The summed E-state index contributed by atoms with van der Waals surface area (Å²) in [6.07, 6.45) is -0.330. The molecule has 1 aromatic heterocycles. The Morgan fingerprint density at radius 2 is 1.68 bits per heavy atom. The van der Waals surface area contributed by atoms with E-state index in [9.17, 15) is 14.4 Å². The highest BCUT2D eigenvalue weighted by Crippen LogP contribution is 2.20. The summed E-state index contributed by atoms with van der Waals surface area (Å²) in [5, 5.41) is 9.39. The summed E-state index contributed by atoms with van der Waals surface area (Å²) in [7, 11) is 0. The molecule has 2 aromatic carbocycles. The minimum atomic E-state index is -1.03. The van der Waals surface area contributed by atoms with Gasteiger partial charge in [-0.1, -0.05) is 12.1 Å². The van der Waals surface area contributed by atoms with Crippen molar-refractivity contribution in [2.24, 2.45) is 0 Å². The number of fused-ring (bicyclic) bond motifs is 2. The Labute approximate surface area is 124 Å². The first kappa shape index (κ1) is 14.0. The lowest BCUT2D eigenvalue weighted by atomic mass is 10.0. The number of carboxylic acid groups (broad SMARTS) is 1. The van der Waals surface area contributed by atoms with Gasteiger partial charge >= 0.3 is 5.97 Å². The number of para-hydroxylation sites is 1. The predicted octanol–water partition coefficient (Wildman–Crippen LogP) is 2.99. The average Bonchev–Trinajstić information content (AvgIpc) is 2.52. The molecule has 22 heavy (non-hydrogen) atoms. The molecule has 0 fully saturated rings. The van der Waals surface area contributed by atoms with E-state index in [0.29, 0.717) is 27.5 Å². The molecular formula is C17H12O5. The first-order valence-corrected chi connectivity index (χ1v) is 6.77. The summed E-state index contributed by atoms with van der Waals surface area (Å²) in [6.45, 7) is 0. The zero-order valence-corrected chi connectivity index (χ0v) is 11.5. The Hall–Kier alpha value is -2.95. The Morgan fingerprint density at radius 3 is 2.45 bits per heavy atom. The molecule has 0 aliphatic rings. The van der Waals surface area contributed by atoms with Gasteiger partial charge in [0.1, 0.15) is 11.2 Å². The maximum atomic E-state index is 12.5. The van der Waals surface area contributed by atoms with Crippen LogP contribution in [0.1, 0.15) is 23.2 Å². The van der Waals surface area contributed by atoms with Crippen LogP contribution in [0.15, 0.2) is 51.7 Å². The van der Waals surface area contributed by atoms with Gasteiger partial charge in [0.2, 0.25) is 5.43 Å². The average molecular weight is 296 g/mol. The highest BCUT2D eigenvalue weighted by Gasteiger charge is 2.12. The van der Waals surface area contributed by atoms with Crippen molar-refractivity contribution in [2.75, 3.05) is 0 Å². The van der Waals surface area contributed by atoms with E-state index in [1.54, 1.807) is 36.4 Å². The first-order chi connectivity index (χ1) is 10.6. The number of Topliss-reactive ketones (excluding diaryl/α,β-unsaturated/α-hetero) is 1. The highest BCUT2D eigenvalue weighted by atomic mass is 16.4. The summed E-state index contributed by atoms with van der Waals surface area (Å²) < 4.78 is 5.65. The van der Waals surface area contributed by atoms with Gasteiger partial charge in [-0.2, -0.15) is 0 Å². The van der Waals surface area contributed by atoms with Crippen molar-refractivity contribution in [1.29, 1.82) is 0 Å². The van der Waals surface area contributed by atoms with Crippen molar-refractivity contribution < 1.29 is 19.1 Å². The zero-order valence-electron chi connectivity index (χ0n) is 11.5. The molecule has 3 rings (SSSR count). The van der Waals surface area contributed by atoms with Gasteiger partial charge in [0.25, 0.3) is 0 Å². The zero-order chi connectivity index (χ0) is 15.7. The molecule has 110 valence electrons. The molecule has 0 aliphatic carbocycles. The fraction of sp³-hybridized carbons (Fsp3) is 0.118. The molecule has 0 saturated carbocycles. The van der Waals surface area contributed by atoms with Gasteiger partial charge in [-0.25, -0.2) is 0 Å². The number of ketones is 1. The van der Waals surface area contributed by atoms with Crippen LogP contribution in [0.4, 0.5) is 0 Å². The van der Waals surface area contributed by atoms with Crippen molar-refractivity contribution in [3.8, 4) is 0 Å². The second-order valence-electron chi connectivity index (χ2n) is 4.96. The number of benzene rings is 2. The highest BCUT2D eigenvalue weighted by molar-refractivity contribution is 6.01. The van der Waals surface area contributed by atoms with E-state index in [1.165, 1.54) is 6.07 Å². The SMILES string of the molecule is O=C(O)CCC(=O)c1ccc2oc3ccccc3c(=O)c2c1. The van der Waals surface area contributed by atoms with E-state index in [0.717, 1.165) is 0 Å². The fourth-order valence-corrected chi connectivity index (χ4v) is 2.34. The quantitative estimate of drug-likeness (QED) is 0.591. The second-order valence-corrected chi connectivity index (χ2v) is 4.96. The largest absolute Gasteiger partial charge is 0.481 e. The van der Waals surface area contributed by atoms with Gasteiger partial charge in [-0.3, -0.25) is 14.4 Å². The molecule has 0 aliphatic heterocycles. The molecule has 0 atom stereocenters. The lowest BCUT2D eigenvalue weighted by Crippen LogP contribution is -2.06. The molecule has 0 bridgehead atoms. The molecule has 3 aromatic rings. The molecule has 5 nitrogen and oxygen atoms in total. The van der Waals surface area contributed by atoms with Crippen molar-refractivity contribution in [2.45, 2.75) is 12.8 Å². The lowest BCUT2D eigenvalue weighted by Gasteiger charge is -2.04. The van der Waals surface area contributed by atoms with Crippen molar-refractivity contribution in [3.63, 3.8) is 0 Å². The maximum absolute atomic E-state index is 12.5. The summed E-state index contributed by atoms with van der Waals surface area (Å²) in [4.78, 5) is 35.0. The predicted molar refractivity (Wildman–Crippen MR) is 81.2 cm³/mol. The van der Waals surface area contributed by atoms with E-state index in [2.05, 4.69) is 0 Å². The van der Waals surface area contributed by atoms with Crippen molar-refractivity contribution in [3.05, 3.63) is 58.3 Å². The topological polar surface area (TPSA) is 84.6 Å². The third kappa shape index (κ3) is 2.48. The van der Waals surface area contributed by atoms with Crippen LogP contribution in [0.2, 0.25) is 0 Å². The van der Waals surface area contributed by atoms with Crippen molar-refractivity contribution >= 4 is 33.7 Å². The van der Waals surface area contributed by atoms with Crippen LogP contribution in [-0.4, -0.2) is 16.9 Å². The van der Waals surface area contributed by atoms with Gasteiger partial charge < -0.3 is 9.52 Å². The van der Waals surface area contributed by atoms with Gasteiger partial charge in [-0.15, -0.1) is 0 Å². The lowest BCUT2D eigenvalue weighted by molar-refractivity contribution is -0.136. The molecule has 5 heteroatoms. The van der Waals surface area contributed by atoms with Crippen LogP contribution in [0, 0.1) is 0 Å². The number of aliphatic carboxylic acids is 1. The molecule has 0 amide bonds. The van der Waals surface area contributed by atoms with Crippen molar-refractivity contribution in [1.82, 2.24) is 0 Å². The van der Waals surface area contributed by atoms with Gasteiger partial charge in [0.15, 0.2) is 5.78 Å². The van der Waals surface area contributed by atoms with E-state index in [-0.39, 0.29) is 24.1 Å². The molecular weight excluding hydrogens is 284 g/mol. The van der Waals surface area contributed by atoms with Crippen LogP contribution in [0.25, 0.3) is 21.9 Å². The van der Waals surface area contributed by atoms with Gasteiger partial charge in [0.05, 0.1) is 17.2 Å². The first-order valence-electron chi connectivity index (χ1n) is 6.77. The second kappa shape index (κ2) is 5.44. The normalized spacial score (nSPS) is 10.9. The van der Waals surface area contributed by atoms with Crippen LogP contribution >= 0.6 is 0 Å². The Morgan fingerprint density at radius 1 is 0.955 bits per heavy atom. The smallest absolute Gasteiger partial charge is 0.303 e. The molecule has 0 unspecified atom stereocenters. The van der Waals surface area contributed by atoms with Crippen LogP contribution in [-0.2, 0) is 4.79 Å². The minimum Gasteiger partial charge on any atom is -0.481 e. The Bertz CT molecular complexity index is 952. The van der Waals surface area contributed by atoms with Crippen LogP contribution in [0.5, 0.6) is 0 Å². The Kier molecular flexibility index (Phi) is 3.47. The minimum absolute atomic E-state index is 0.0975. The van der Waals surface area contributed by atoms with E-state index in [4.69, 9.17) is 9.52 Å². The number of rotatable bonds is 4. The molecule has 0 spiro atoms. The standard InChI is InChI=1S/C17H12O5/c18-13(6-8-16(19)20)10-5-7-15-12(9-10)17(21)11-3-1-2-4-14(11)22-15/h1-5,7,9H,6,8H2,(H,19,20). The summed E-state index contributed by atoms with van der Waals surface area (Å²) in [6, 6.07) is 11.5. The molecule has 0 radical (unpaired) electrons. The number of carboxylic acids is 1. The third-order valence-electron chi connectivity index (χ3n) is 3.46. The van der Waals surface area contributed by atoms with Gasteiger partial charge in [0, 0.05) is 12.0 Å². The number of hydrogen-bond donors (Lipinski definition) is 1. The molecule has 0 saturated heterocycles. The number of carbonyl (C=O) groups excluding carboxylic acids is 1. The maximum Gasteiger partial charge on any atom is 0.303 e. The van der Waals surface area contributed by atoms with E-state index >= 15 is 0 Å². The number of hydrogen-bond acceptors (Lipinski definition) is 4. The van der Waals surface area contributed by atoms with E-state index in [1.807, 2.05) is 0 Å². The van der Waals surface area contributed by atoms with E-state index < -0.39 is 5.97 Å². The summed E-state index contributed by atoms with van der Waals surface area (Å²) >= 11 is 0.